The minimum Gasteiger partial charge on any atom is -0.482 e. The van der Waals surface area contributed by atoms with E-state index in [-0.39, 0.29) is 18.4 Å². The van der Waals surface area contributed by atoms with Gasteiger partial charge in [-0.25, -0.2) is 10.4 Å². The van der Waals surface area contributed by atoms with Gasteiger partial charge in [0.1, 0.15) is 5.75 Å². The van der Waals surface area contributed by atoms with Crippen LogP contribution in [0.5, 0.6) is 5.75 Å². The van der Waals surface area contributed by atoms with Crippen LogP contribution in [-0.4, -0.2) is 29.6 Å². The highest BCUT2D eigenvalue weighted by atomic mass is 79.9. The first-order valence-electron chi connectivity index (χ1n) is 12.7. The van der Waals surface area contributed by atoms with E-state index in [0.717, 1.165) is 26.5 Å². The molecule has 0 saturated carbocycles. The van der Waals surface area contributed by atoms with E-state index >= 15 is 0 Å². The molecular weight excluding hydrogens is 718 g/mol. The molecule has 5 rings (SSSR count). The lowest BCUT2D eigenvalue weighted by Gasteiger charge is -2.12. The fraction of sp³-hybridized carbons (Fsp3) is 0.0323. The molecule has 0 radical (unpaired) electrons. The minimum atomic E-state index is -0.383. The van der Waals surface area contributed by atoms with Gasteiger partial charge in [-0.15, -0.1) is 11.3 Å². The fourth-order valence-electron chi connectivity index (χ4n) is 3.82. The van der Waals surface area contributed by atoms with Crippen molar-refractivity contribution in [1.82, 2.24) is 10.4 Å². The summed E-state index contributed by atoms with van der Waals surface area (Å²) in [7, 11) is 0. The van der Waals surface area contributed by atoms with Gasteiger partial charge in [0.2, 0.25) is 0 Å². The molecule has 0 atom stereocenters. The first-order valence-corrected chi connectivity index (χ1v) is 15.6. The zero-order chi connectivity index (χ0) is 30.2. The monoisotopic (exact) mass is 737 g/mol. The molecule has 12 heteroatoms. The number of hydrazone groups is 1. The lowest BCUT2D eigenvalue weighted by molar-refractivity contribution is -0.118. The topological polar surface area (TPSA) is 105 Å². The molecule has 216 valence electrons. The Balaban J connectivity index is 1.19. The van der Waals surface area contributed by atoms with E-state index in [0.29, 0.717) is 32.1 Å². The number of para-hydroxylation sites is 1. The molecule has 8 nitrogen and oxygen atoms in total. The van der Waals surface area contributed by atoms with Gasteiger partial charge in [0.15, 0.2) is 11.7 Å². The second-order valence-electron chi connectivity index (χ2n) is 8.96. The third-order valence-electron chi connectivity index (χ3n) is 5.85. The average Bonchev–Trinajstić information content (AvgIpc) is 3.47. The maximum Gasteiger partial charge on any atom is 0.271 e. The number of aromatic nitrogens is 1. The van der Waals surface area contributed by atoms with Crippen LogP contribution in [0.4, 0.5) is 16.5 Å². The number of nitrogens with one attached hydrogen (secondary N) is 3. The van der Waals surface area contributed by atoms with Crippen LogP contribution in [-0.2, 0) is 4.79 Å². The number of carbonyl (C=O) groups excluding carboxylic acids is 2. The molecule has 0 aliphatic heterocycles. The van der Waals surface area contributed by atoms with Crippen molar-refractivity contribution in [2.45, 2.75) is 0 Å². The van der Waals surface area contributed by atoms with E-state index in [1.54, 1.807) is 48.5 Å². The second-order valence-corrected chi connectivity index (χ2v) is 12.0. The Kier molecular flexibility index (Phi) is 10.2. The van der Waals surface area contributed by atoms with E-state index in [2.05, 4.69) is 58.0 Å². The third kappa shape index (κ3) is 8.51. The van der Waals surface area contributed by atoms with Crippen molar-refractivity contribution < 1.29 is 14.3 Å². The molecule has 43 heavy (non-hydrogen) atoms. The lowest BCUT2D eigenvalue weighted by Crippen LogP contribution is -2.21. The Hall–Kier alpha value is -4.03. The highest BCUT2D eigenvalue weighted by molar-refractivity contribution is 9.11. The summed E-state index contributed by atoms with van der Waals surface area (Å²) in [5, 5.41) is 13.5. The summed E-state index contributed by atoms with van der Waals surface area (Å²) in [5.74, 6) is -0.342. The summed E-state index contributed by atoms with van der Waals surface area (Å²) in [6.45, 7) is -0.245. The first-order chi connectivity index (χ1) is 20.8. The van der Waals surface area contributed by atoms with Gasteiger partial charge >= 0.3 is 0 Å². The van der Waals surface area contributed by atoms with Gasteiger partial charge in [-0.3, -0.25) is 9.59 Å². The number of anilines is 3. The summed E-state index contributed by atoms with van der Waals surface area (Å²) in [5.41, 5.74) is 6.77. The zero-order valence-corrected chi connectivity index (χ0v) is 26.9. The summed E-state index contributed by atoms with van der Waals surface area (Å²) in [6, 6.07) is 27.2. The van der Waals surface area contributed by atoms with Crippen molar-refractivity contribution in [2.24, 2.45) is 5.10 Å². The van der Waals surface area contributed by atoms with Gasteiger partial charge < -0.3 is 15.4 Å². The van der Waals surface area contributed by atoms with Crippen LogP contribution >= 0.6 is 54.8 Å². The van der Waals surface area contributed by atoms with Gasteiger partial charge in [0, 0.05) is 42.9 Å². The Bertz CT molecular complexity index is 1770. The van der Waals surface area contributed by atoms with E-state index in [1.807, 2.05) is 47.8 Å². The molecule has 0 spiro atoms. The van der Waals surface area contributed by atoms with E-state index < -0.39 is 0 Å². The highest BCUT2D eigenvalue weighted by Crippen LogP contribution is 2.32. The molecule has 1 aromatic heterocycles. The number of rotatable bonds is 10. The van der Waals surface area contributed by atoms with Crippen molar-refractivity contribution in [3.8, 4) is 17.0 Å². The van der Waals surface area contributed by atoms with Crippen LogP contribution < -0.4 is 20.8 Å². The highest BCUT2D eigenvalue weighted by Gasteiger charge is 2.13. The molecule has 5 aromatic rings. The van der Waals surface area contributed by atoms with Crippen LogP contribution in [0.1, 0.15) is 15.9 Å². The molecule has 0 bridgehead atoms. The van der Waals surface area contributed by atoms with Crippen molar-refractivity contribution in [3.05, 3.63) is 121 Å². The molecular formula is C31H22Br2ClN5O3S. The van der Waals surface area contributed by atoms with Crippen LogP contribution in [0.2, 0.25) is 5.02 Å². The van der Waals surface area contributed by atoms with E-state index in [4.69, 9.17) is 16.3 Å². The molecule has 4 aromatic carbocycles. The summed E-state index contributed by atoms with van der Waals surface area (Å²) in [4.78, 5) is 29.8. The molecule has 0 saturated heterocycles. The molecule has 2 amide bonds. The standard InChI is InChI=1S/C31H22Br2ClN5O3S/c32-22-14-21(29(26(33)15-22)42-17-28(40)36-25-12-10-23(34)11-13-25)16-35-39-30(41)20-8-6-19(7-9-20)27-18-43-31(38-27)37-24-4-2-1-3-5-24/h1-16,18H,17H2,(H,36,40)(H,37,38)(H,39,41)/b35-16+. The lowest BCUT2D eigenvalue weighted by atomic mass is 10.1. The van der Waals surface area contributed by atoms with Crippen LogP contribution in [0.25, 0.3) is 11.3 Å². The van der Waals surface area contributed by atoms with Gasteiger partial charge in [0.05, 0.1) is 16.4 Å². The second kappa shape index (κ2) is 14.4. The average molecular weight is 740 g/mol. The van der Waals surface area contributed by atoms with Gasteiger partial charge in [-0.05, 0) is 76.6 Å². The number of amides is 2. The largest absolute Gasteiger partial charge is 0.482 e. The number of thiazole rings is 1. The van der Waals surface area contributed by atoms with Gasteiger partial charge in [-0.2, -0.15) is 5.10 Å². The normalized spacial score (nSPS) is 10.9. The number of hydrogen-bond acceptors (Lipinski definition) is 7. The van der Waals surface area contributed by atoms with Gasteiger partial charge in [0.25, 0.3) is 11.8 Å². The van der Waals surface area contributed by atoms with Crippen molar-refractivity contribution in [3.63, 3.8) is 0 Å². The maximum absolute atomic E-state index is 12.8. The summed E-state index contributed by atoms with van der Waals surface area (Å²) in [6.07, 6.45) is 1.45. The molecule has 1 heterocycles. The smallest absolute Gasteiger partial charge is 0.271 e. The Morgan fingerprint density at radius 2 is 1.70 bits per heavy atom. The number of ether oxygens (including phenoxy) is 1. The van der Waals surface area contributed by atoms with Crippen molar-refractivity contribution in [1.29, 1.82) is 0 Å². The first kappa shape index (κ1) is 30.4. The molecule has 3 N–H and O–H groups in total. The Morgan fingerprint density at radius 3 is 2.44 bits per heavy atom. The van der Waals surface area contributed by atoms with Crippen molar-refractivity contribution in [2.75, 3.05) is 17.2 Å². The van der Waals surface area contributed by atoms with E-state index in [9.17, 15) is 9.59 Å². The number of hydrogen-bond donors (Lipinski definition) is 3. The Morgan fingerprint density at radius 1 is 0.953 bits per heavy atom. The predicted octanol–water partition coefficient (Wildman–Crippen LogP) is 8.51. The van der Waals surface area contributed by atoms with Crippen LogP contribution in [0, 0.1) is 0 Å². The van der Waals surface area contributed by atoms with E-state index in [1.165, 1.54) is 17.6 Å². The predicted molar refractivity (Wildman–Crippen MR) is 180 cm³/mol. The number of benzene rings is 4. The minimum absolute atomic E-state index is 0.245. The summed E-state index contributed by atoms with van der Waals surface area (Å²) >= 11 is 14.3. The molecule has 0 aliphatic carbocycles. The van der Waals surface area contributed by atoms with Gasteiger partial charge in [-0.1, -0.05) is 57.9 Å². The number of halogens is 3. The zero-order valence-electron chi connectivity index (χ0n) is 22.2. The number of nitrogens with zero attached hydrogens (tertiary/aromatic N) is 2. The quantitative estimate of drug-likeness (QED) is 0.0985. The molecule has 0 aliphatic rings. The SMILES string of the molecule is O=C(COc1c(Br)cc(Br)cc1/C=N/NC(=O)c1ccc(-c2csc(Nc3ccccc3)n2)cc1)Nc1ccc(Cl)cc1. The van der Waals surface area contributed by atoms with Crippen LogP contribution in [0.15, 0.2) is 110 Å². The fourth-order valence-corrected chi connectivity index (χ4v) is 6.06. The van der Waals surface area contributed by atoms with Crippen LogP contribution in [0.3, 0.4) is 0 Å². The molecule has 0 unspecified atom stereocenters. The maximum atomic E-state index is 12.8. The van der Waals surface area contributed by atoms with Crippen molar-refractivity contribution >= 4 is 89.3 Å². The molecule has 0 fully saturated rings. The Labute approximate surface area is 273 Å². The summed E-state index contributed by atoms with van der Waals surface area (Å²) < 4.78 is 7.15. The number of carbonyl (C=O) groups is 2. The third-order valence-corrected chi connectivity index (χ3v) is 7.91.